The van der Waals surface area contributed by atoms with Crippen molar-refractivity contribution in [1.29, 1.82) is 0 Å². The Bertz CT molecular complexity index is 1930. The van der Waals surface area contributed by atoms with E-state index in [1.54, 1.807) is 51.7 Å². The van der Waals surface area contributed by atoms with E-state index in [1.165, 1.54) is 11.3 Å². The second-order valence-electron chi connectivity index (χ2n) is 10.2. The first-order valence-electron chi connectivity index (χ1n) is 13.7. The number of halogens is 2. The van der Waals surface area contributed by atoms with Crippen LogP contribution in [-0.4, -0.2) is 30.9 Å². The Balaban J connectivity index is 1.63. The number of benzene rings is 3. The Labute approximate surface area is 280 Å². The average molecular weight is 789 g/mol. The van der Waals surface area contributed by atoms with E-state index in [4.69, 9.17) is 23.9 Å². The molecule has 1 atom stereocenters. The fourth-order valence-electron chi connectivity index (χ4n) is 4.92. The van der Waals surface area contributed by atoms with Crippen molar-refractivity contribution < 1.29 is 23.7 Å². The minimum atomic E-state index is -0.810. The lowest BCUT2D eigenvalue weighted by atomic mass is 9.95. The maximum Gasteiger partial charge on any atom is 0.338 e. The molecule has 8 nitrogen and oxygen atoms in total. The van der Waals surface area contributed by atoms with Gasteiger partial charge >= 0.3 is 5.97 Å². The number of carbonyl (C=O) groups excluding carboxylic acids is 1. The number of esters is 1. The highest BCUT2D eigenvalue weighted by atomic mass is 127. The number of allylic oxidation sites excluding steroid dienone is 1. The molecular formula is C33H30BrIN2O6S. The van der Waals surface area contributed by atoms with Crippen LogP contribution in [0.2, 0.25) is 0 Å². The van der Waals surface area contributed by atoms with Gasteiger partial charge in [-0.25, -0.2) is 9.79 Å². The van der Waals surface area contributed by atoms with Gasteiger partial charge in [0.05, 0.1) is 39.7 Å². The van der Waals surface area contributed by atoms with Gasteiger partial charge in [0.2, 0.25) is 0 Å². The van der Waals surface area contributed by atoms with Crippen molar-refractivity contribution in [3.8, 4) is 17.2 Å². The molecule has 0 radical (unpaired) electrons. The number of ether oxygens (including phenoxy) is 4. The fourth-order valence-corrected chi connectivity index (χ4v) is 7.12. The Morgan fingerprint density at radius 3 is 2.50 bits per heavy atom. The van der Waals surface area contributed by atoms with E-state index in [0.717, 1.165) is 19.2 Å². The molecule has 1 aliphatic heterocycles. The van der Waals surface area contributed by atoms with E-state index in [1.807, 2.05) is 54.6 Å². The molecule has 11 heteroatoms. The van der Waals surface area contributed by atoms with Gasteiger partial charge in [-0.1, -0.05) is 57.6 Å². The van der Waals surface area contributed by atoms with Gasteiger partial charge in [-0.05, 0) is 90.9 Å². The first-order chi connectivity index (χ1) is 21.1. The maximum absolute atomic E-state index is 14.1. The number of aromatic nitrogens is 1. The minimum absolute atomic E-state index is 0.283. The largest absolute Gasteiger partial charge is 0.496 e. The molecule has 0 N–H and O–H groups in total. The van der Waals surface area contributed by atoms with E-state index < -0.39 is 12.0 Å². The van der Waals surface area contributed by atoms with Gasteiger partial charge in [0.25, 0.3) is 5.56 Å². The highest BCUT2D eigenvalue weighted by Gasteiger charge is 2.35. The lowest BCUT2D eigenvalue weighted by molar-refractivity contribution is -0.143. The molecule has 3 aromatic carbocycles. The smallest absolute Gasteiger partial charge is 0.338 e. The van der Waals surface area contributed by atoms with E-state index in [2.05, 4.69) is 38.5 Å². The zero-order chi connectivity index (χ0) is 31.5. The van der Waals surface area contributed by atoms with Crippen molar-refractivity contribution >= 4 is 61.9 Å². The summed E-state index contributed by atoms with van der Waals surface area (Å²) in [4.78, 5) is 32.8. The number of thiazole rings is 1. The molecule has 1 aromatic heterocycles. The minimum Gasteiger partial charge on any atom is -0.496 e. The molecular weight excluding hydrogens is 759 g/mol. The van der Waals surface area contributed by atoms with Crippen molar-refractivity contribution in [2.75, 3.05) is 14.2 Å². The Morgan fingerprint density at radius 2 is 1.82 bits per heavy atom. The van der Waals surface area contributed by atoms with Crippen LogP contribution in [0, 0.1) is 3.57 Å². The number of carbonyl (C=O) groups is 1. The van der Waals surface area contributed by atoms with Crippen LogP contribution in [0.4, 0.5) is 0 Å². The van der Waals surface area contributed by atoms with Gasteiger partial charge in [0.15, 0.2) is 16.3 Å². The maximum atomic E-state index is 14.1. The van der Waals surface area contributed by atoms with Crippen molar-refractivity contribution in [1.82, 2.24) is 4.57 Å². The van der Waals surface area contributed by atoms with Crippen molar-refractivity contribution in [2.45, 2.75) is 39.5 Å². The summed E-state index contributed by atoms with van der Waals surface area (Å²) in [5.41, 5.74) is 2.91. The van der Waals surface area contributed by atoms with Crippen molar-refractivity contribution in [3.63, 3.8) is 0 Å². The van der Waals surface area contributed by atoms with Crippen LogP contribution in [0.1, 0.15) is 43.5 Å². The summed E-state index contributed by atoms with van der Waals surface area (Å²) in [6, 6.07) is 18.4. The molecule has 5 rings (SSSR count). The summed E-state index contributed by atoms with van der Waals surface area (Å²) in [5.74, 6) is 1.18. The highest BCUT2D eigenvalue weighted by molar-refractivity contribution is 14.1. The lowest BCUT2D eigenvalue weighted by Gasteiger charge is -2.26. The molecule has 0 unspecified atom stereocenters. The molecule has 44 heavy (non-hydrogen) atoms. The van der Waals surface area contributed by atoms with E-state index in [-0.39, 0.29) is 17.2 Å². The average Bonchev–Trinajstić information content (AvgIpc) is 3.29. The van der Waals surface area contributed by atoms with Crippen molar-refractivity contribution in [3.05, 3.63) is 116 Å². The Kier molecular flexibility index (Phi) is 9.96. The van der Waals surface area contributed by atoms with Gasteiger partial charge in [-0.2, -0.15) is 0 Å². The summed E-state index contributed by atoms with van der Waals surface area (Å²) in [7, 11) is 3.14. The van der Waals surface area contributed by atoms with Crippen LogP contribution in [-0.2, 0) is 16.1 Å². The van der Waals surface area contributed by atoms with Crippen molar-refractivity contribution in [2.24, 2.45) is 4.99 Å². The molecule has 0 spiro atoms. The van der Waals surface area contributed by atoms with Crippen LogP contribution < -0.4 is 29.1 Å². The molecule has 0 bridgehead atoms. The standard InChI is InChI=1S/C33H30BrIN2O6S/c1-18(2)43-32(39)28-19(3)36-33-37(29(28)23-16-22(34)11-12-25(23)40-4)31(38)27(44-33)15-21-13-24(35)30(26(14-21)41-5)42-17-20-9-7-6-8-10-20/h6-16,18,29H,17H2,1-5H3/b27-15-/t29-/m0/s1. The molecule has 2 heterocycles. The van der Waals surface area contributed by atoms with E-state index in [9.17, 15) is 9.59 Å². The number of nitrogens with zero attached hydrogens (tertiary/aromatic N) is 2. The van der Waals surface area contributed by atoms with Gasteiger partial charge in [0, 0.05) is 10.0 Å². The molecule has 0 amide bonds. The zero-order valence-corrected chi connectivity index (χ0v) is 29.3. The van der Waals surface area contributed by atoms with Crippen LogP contribution in [0.15, 0.2) is 86.2 Å². The molecule has 228 valence electrons. The summed E-state index contributed by atoms with van der Waals surface area (Å²) in [6.07, 6.45) is 1.45. The monoisotopic (exact) mass is 788 g/mol. The van der Waals surface area contributed by atoms with E-state index >= 15 is 0 Å². The van der Waals surface area contributed by atoms with Gasteiger partial charge < -0.3 is 18.9 Å². The van der Waals surface area contributed by atoms with Gasteiger partial charge in [-0.15, -0.1) is 0 Å². The third-order valence-electron chi connectivity index (χ3n) is 6.85. The topological polar surface area (TPSA) is 88.4 Å². The predicted molar refractivity (Wildman–Crippen MR) is 182 cm³/mol. The summed E-state index contributed by atoms with van der Waals surface area (Å²) < 4.78 is 26.7. The normalized spacial score (nSPS) is 14.7. The first kappa shape index (κ1) is 32.0. The summed E-state index contributed by atoms with van der Waals surface area (Å²) in [6.45, 7) is 5.72. The molecule has 0 aliphatic carbocycles. The molecule has 4 aromatic rings. The number of hydrogen-bond acceptors (Lipinski definition) is 8. The molecule has 1 aliphatic rings. The SMILES string of the molecule is COc1ccc(Br)cc1[C@H]1C(C(=O)OC(C)C)=C(C)N=c2s/c(=C\c3cc(I)c(OCc4ccccc4)c(OC)c3)c(=O)n21. The van der Waals surface area contributed by atoms with Gasteiger partial charge in [0.1, 0.15) is 18.4 Å². The van der Waals surface area contributed by atoms with Crippen LogP contribution in [0.5, 0.6) is 17.2 Å². The first-order valence-corrected chi connectivity index (χ1v) is 16.4. The molecule has 0 saturated heterocycles. The molecule has 0 fully saturated rings. The third kappa shape index (κ3) is 6.64. The fraction of sp³-hybridized carbons (Fsp3) is 0.242. The van der Waals surface area contributed by atoms with E-state index in [0.29, 0.717) is 44.4 Å². The third-order valence-corrected chi connectivity index (χ3v) is 9.12. The van der Waals surface area contributed by atoms with Crippen LogP contribution >= 0.6 is 49.9 Å². The Morgan fingerprint density at radius 1 is 1.09 bits per heavy atom. The summed E-state index contributed by atoms with van der Waals surface area (Å²) >= 11 is 7.00. The quantitative estimate of drug-likeness (QED) is 0.150. The van der Waals surface area contributed by atoms with Crippen LogP contribution in [0.25, 0.3) is 6.08 Å². The zero-order valence-electron chi connectivity index (χ0n) is 24.7. The number of methoxy groups -OCH3 is 2. The number of fused-ring (bicyclic) bond motifs is 1. The highest BCUT2D eigenvalue weighted by Crippen LogP contribution is 2.38. The van der Waals surface area contributed by atoms with Gasteiger partial charge in [-0.3, -0.25) is 9.36 Å². The number of hydrogen-bond donors (Lipinski definition) is 0. The van der Waals surface area contributed by atoms with Crippen LogP contribution in [0.3, 0.4) is 0 Å². The lowest BCUT2D eigenvalue weighted by Crippen LogP contribution is -2.40. The number of rotatable bonds is 9. The second kappa shape index (κ2) is 13.7. The Hall–Kier alpha value is -3.42. The predicted octanol–water partition coefficient (Wildman–Crippen LogP) is 6.15. The molecule has 0 saturated carbocycles. The summed E-state index contributed by atoms with van der Waals surface area (Å²) in [5, 5.41) is 0. The second-order valence-corrected chi connectivity index (χ2v) is 13.3.